The molecule has 0 spiro atoms. The molecule has 2 rings (SSSR count). The number of rotatable bonds is 2. The van der Waals surface area contributed by atoms with Gasteiger partial charge in [-0.1, -0.05) is 15.9 Å². The van der Waals surface area contributed by atoms with Gasteiger partial charge in [0.1, 0.15) is 6.67 Å². The zero-order valence-corrected chi connectivity index (χ0v) is 9.76. The van der Waals surface area contributed by atoms with Crippen molar-refractivity contribution in [3.63, 3.8) is 0 Å². The summed E-state index contributed by atoms with van der Waals surface area (Å²) in [6, 6.07) is 5.74. The molecule has 0 radical (unpaired) electrons. The fourth-order valence-electron chi connectivity index (χ4n) is 1.86. The van der Waals surface area contributed by atoms with Crippen LogP contribution in [0.5, 0.6) is 0 Å². The maximum absolute atomic E-state index is 12.3. The van der Waals surface area contributed by atoms with Crippen molar-refractivity contribution in [1.82, 2.24) is 0 Å². The second-order valence-corrected chi connectivity index (χ2v) is 4.42. The van der Waals surface area contributed by atoms with Crippen LogP contribution in [0.4, 0.5) is 10.1 Å². The van der Waals surface area contributed by atoms with E-state index in [1.807, 2.05) is 18.2 Å². The van der Waals surface area contributed by atoms with E-state index in [0.29, 0.717) is 6.42 Å². The summed E-state index contributed by atoms with van der Waals surface area (Å²) in [5, 5.41) is 0. The van der Waals surface area contributed by atoms with Gasteiger partial charge in [0.25, 0.3) is 0 Å². The van der Waals surface area contributed by atoms with Gasteiger partial charge in [0.05, 0.1) is 6.54 Å². The lowest BCUT2D eigenvalue weighted by molar-refractivity contribution is -0.118. The molecule has 0 N–H and O–H groups in total. The molecule has 80 valence electrons. The number of carbonyl (C=O) groups is 1. The van der Waals surface area contributed by atoms with Gasteiger partial charge in [-0.05, 0) is 30.2 Å². The van der Waals surface area contributed by atoms with Gasteiger partial charge in [-0.3, -0.25) is 4.79 Å². The van der Waals surface area contributed by atoms with Crippen LogP contribution in [0.25, 0.3) is 0 Å². The number of fused-ring (bicyclic) bond motifs is 1. The molecule has 1 aliphatic rings. The molecule has 0 fully saturated rings. The standard InChI is InChI=1S/C11H11BrFNO/c12-9-2-3-10-8(7-9)1-4-11(15)14(10)6-5-13/h2-3,7H,1,4-6H2. The van der Waals surface area contributed by atoms with Crippen LogP contribution >= 0.6 is 15.9 Å². The van der Waals surface area contributed by atoms with Crippen molar-refractivity contribution in [2.45, 2.75) is 12.8 Å². The van der Waals surface area contributed by atoms with Crippen molar-refractivity contribution < 1.29 is 9.18 Å². The van der Waals surface area contributed by atoms with Crippen molar-refractivity contribution >= 4 is 27.5 Å². The second kappa shape index (κ2) is 4.31. The van der Waals surface area contributed by atoms with Crippen LogP contribution in [-0.2, 0) is 11.2 Å². The van der Waals surface area contributed by atoms with Crippen LogP contribution in [0.3, 0.4) is 0 Å². The highest BCUT2D eigenvalue weighted by Crippen LogP contribution is 2.30. The van der Waals surface area contributed by atoms with E-state index >= 15 is 0 Å². The first-order chi connectivity index (χ1) is 7.22. The summed E-state index contributed by atoms with van der Waals surface area (Å²) in [5.74, 6) is 0.0162. The zero-order chi connectivity index (χ0) is 10.8. The van der Waals surface area contributed by atoms with Gasteiger partial charge < -0.3 is 4.90 Å². The van der Waals surface area contributed by atoms with E-state index in [4.69, 9.17) is 0 Å². The van der Waals surface area contributed by atoms with Gasteiger partial charge in [-0.25, -0.2) is 4.39 Å². The monoisotopic (exact) mass is 271 g/mol. The third-order valence-corrected chi connectivity index (χ3v) is 3.04. The van der Waals surface area contributed by atoms with Gasteiger partial charge in [-0.2, -0.15) is 0 Å². The number of benzene rings is 1. The van der Waals surface area contributed by atoms with Crippen LogP contribution < -0.4 is 4.90 Å². The Hall–Kier alpha value is -0.900. The molecule has 0 saturated carbocycles. The molecule has 1 aromatic carbocycles. The van der Waals surface area contributed by atoms with E-state index in [-0.39, 0.29) is 12.5 Å². The second-order valence-electron chi connectivity index (χ2n) is 3.51. The number of hydrogen-bond acceptors (Lipinski definition) is 1. The number of carbonyl (C=O) groups excluding carboxylic acids is 1. The van der Waals surface area contributed by atoms with Crippen LogP contribution in [0.2, 0.25) is 0 Å². The largest absolute Gasteiger partial charge is 0.310 e. The van der Waals surface area contributed by atoms with E-state index in [1.165, 1.54) is 4.90 Å². The minimum atomic E-state index is -0.499. The number of hydrogen-bond donors (Lipinski definition) is 0. The third kappa shape index (κ3) is 2.04. The summed E-state index contributed by atoms with van der Waals surface area (Å²) in [4.78, 5) is 13.1. The molecule has 2 nitrogen and oxygen atoms in total. The lowest BCUT2D eigenvalue weighted by atomic mass is 10.0. The average molecular weight is 272 g/mol. The van der Waals surface area contributed by atoms with E-state index in [9.17, 15) is 9.18 Å². The molecule has 1 heterocycles. The SMILES string of the molecule is O=C1CCc2cc(Br)ccc2N1CCF. The quantitative estimate of drug-likeness (QED) is 0.810. The Labute approximate surface area is 96.2 Å². The molecule has 4 heteroatoms. The van der Waals surface area contributed by atoms with E-state index in [2.05, 4.69) is 15.9 Å². The van der Waals surface area contributed by atoms with E-state index < -0.39 is 6.67 Å². The minimum absolute atomic E-state index is 0.0162. The Kier molecular flexibility index (Phi) is 3.05. The summed E-state index contributed by atoms with van der Waals surface area (Å²) < 4.78 is 13.3. The molecule has 1 aliphatic heterocycles. The van der Waals surface area contributed by atoms with E-state index in [1.54, 1.807) is 0 Å². The molecule has 0 bridgehead atoms. The molecular formula is C11H11BrFNO. The third-order valence-electron chi connectivity index (χ3n) is 2.55. The van der Waals surface area contributed by atoms with Crippen molar-refractivity contribution in [3.05, 3.63) is 28.2 Å². The Bertz CT molecular complexity index is 394. The van der Waals surface area contributed by atoms with Gasteiger partial charge >= 0.3 is 0 Å². The number of alkyl halides is 1. The van der Waals surface area contributed by atoms with Crippen molar-refractivity contribution in [2.75, 3.05) is 18.1 Å². The van der Waals surface area contributed by atoms with E-state index in [0.717, 1.165) is 22.1 Å². The predicted molar refractivity (Wildman–Crippen MR) is 60.8 cm³/mol. The maximum atomic E-state index is 12.3. The van der Waals surface area contributed by atoms with Crippen LogP contribution in [0.1, 0.15) is 12.0 Å². The predicted octanol–water partition coefficient (Wildman–Crippen LogP) is 2.70. The molecule has 0 aliphatic carbocycles. The lowest BCUT2D eigenvalue weighted by Gasteiger charge is -2.28. The fraction of sp³-hybridized carbons (Fsp3) is 0.364. The first-order valence-corrected chi connectivity index (χ1v) is 5.66. The number of anilines is 1. The molecule has 0 saturated heterocycles. The van der Waals surface area contributed by atoms with Crippen LogP contribution in [-0.4, -0.2) is 19.1 Å². The van der Waals surface area contributed by atoms with Crippen molar-refractivity contribution in [1.29, 1.82) is 0 Å². The average Bonchev–Trinajstić information content (AvgIpc) is 2.22. The fourth-order valence-corrected chi connectivity index (χ4v) is 2.27. The number of aryl methyl sites for hydroxylation is 1. The summed E-state index contributed by atoms with van der Waals surface area (Å²) in [6.07, 6.45) is 1.22. The normalized spacial score (nSPS) is 15.3. The Morgan fingerprint density at radius 2 is 2.20 bits per heavy atom. The number of amides is 1. The topological polar surface area (TPSA) is 20.3 Å². The van der Waals surface area contributed by atoms with Crippen molar-refractivity contribution in [2.24, 2.45) is 0 Å². The highest BCUT2D eigenvalue weighted by atomic mass is 79.9. The van der Waals surface area contributed by atoms with Gasteiger partial charge in [0, 0.05) is 16.6 Å². The summed E-state index contributed by atoms with van der Waals surface area (Å²) in [6.45, 7) is -0.339. The number of nitrogens with zero attached hydrogens (tertiary/aromatic N) is 1. The maximum Gasteiger partial charge on any atom is 0.227 e. The van der Waals surface area contributed by atoms with Gasteiger partial charge in [0.2, 0.25) is 5.91 Å². The lowest BCUT2D eigenvalue weighted by Crippen LogP contribution is -2.36. The zero-order valence-electron chi connectivity index (χ0n) is 8.17. The first-order valence-electron chi connectivity index (χ1n) is 4.87. The summed E-state index contributed by atoms with van der Waals surface area (Å²) in [7, 11) is 0. The Morgan fingerprint density at radius 3 is 2.93 bits per heavy atom. The first kappa shape index (κ1) is 10.6. The highest BCUT2D eigenvalue weighted by Gasteiger charge is 2.23. The summed E-state index contributed by atoms with van der Waals surface area (Å²) >= 11 is 3.39. The molecule has 1 aromatic rings. The summed E-state index contributed by atoms with van der Waals surface area (Å²) in [5.41, 5.74) is 1.96. The highest BCUT2D eigenvalue weighted by molar-refractivity contribution is 9.10. The molecule has 0 aromatic heterocycles. The number of halogens is 2. The molecule has 0 atom stereocenters. The molecule has 0 unspecified atom stereocenters. The van der Waals surface area contributed by atoms with Gasteiger partial charge in [0.15, 0.2) is 0 Å². The molecule has 15 heavy (non-hydrogen) atoms. The smallest absolute Gasteiger partial charge is 0.227 e. The molecular weight excluding hydrogens is 261 g/mol. The van der Waals surface area contributed by atoms with Gasteiger partial charge in [-0.15, -0.1) is 0 Å². The van der Waals surface area contributed by atoms with Crippen LogP contribution in [0, 0.1) is 0 Å². The Morgan fingerprint density at radius 1 is 1.40 bits per heavy atom. The molecule has 1 amide bonds. The van der Waals surface area contributed by atoms with Crippen LogP contribution in [0.15, 0.2) is 22.7 Å². The van der Waals surface area contributed by atoms with Crippen molar-refractivity contribution in [3.8, 4) is 0 Å². The Balaban J connectivity index is 2.39. The minimum Gasteiger partial charge on any atom is -0.310 e.